The van der Waals surface area contributed by atoms with E-state index in [-0.39, 0.29) is 5.78 Å². The van der Waals surface area contributed by atoms with Crippen molar-refractivity contribution in [1.82, 2.24) is 0 Å². The smallest absolute Gasteiger partial charge is 0.343 e. The molecule has 5 heteroatoms. The third kappa shape index (κ3) is 4.20. The Kier molecular flexibility index (Phi) is 5.77. The highest BCUT2D eigenvalue weighted by atomic mass is 16.5. The lowest BCUT2D eigenvalue weighted by Crippen LogP contribution is -2.09. The van der Waals surface area contributed by atoms with Gasteiger partial charge in [0.1, 0.15) is 11.5 Å². The van der Waals surface area contributed by atoms with Gasteiger partial charge < -0.3 is 9.47 Å². The molecule has 5 nitrogen and oxygen atoms in total. The normalized spacial score (nSPS) is 11.6. The fourth-order valence-electron chi connectivity index (χ4n) is 4.23. The van der Waals surface area contributed by atoms with Crippen LogP contribution in [-0.2, 0) is 0 Å². The van der Waals surface area contributed by atoms with Crippen molar-refractivity contribution in [2.45, 2.75) is 27.7 Å². The second-order valence-corrected chi connectivity index (χ2v) is 9.12. The van der Waals surface area contributed by atoms with Gasteiger partial charge in [0.2, 0.25) is 0 Å². The molecule has 0 unspecified atom stereocenters. The van der Waals surface area contributed by atoms with Crippen molar-refractivity contribution in [2.75, 3.05) is 0 Å². The van der Waals surface area contributed by atoms with Crippen molar-refractivity contribution in [3.8, 4) is 22.6 Å². The molecule has 0 heterocycles. The third-order valence-corrected chi connectivity index (χ3v) is 6.67. The number of aryl methyl sites for hydroxylation is 4. The van der Waals surface area contributed by atoms with Gasteiger partial charge >= 0.3 is 11.9 Å². The molecule has 1 aliphatic rings. The predicted octanol–water partition coefficient (Wildman–Crippen LogP) is 6.57. The quantitative estimate of drug-likeness (QED) is 0.217. The first-order valence-electron chi connectivity index (χ1n) is 11.6. The average Bonchev–Trinajstić information content (AvgIpc) is 3.13. The molecule has 0 amide bonds. The fourth-order valence-corrected chi connectivity index (χ4v) is 4.23. The van der Waals surface area contributed by atoms with E-state index in [1.165, 1.54) is 0 Å². The molecule has 178 valence electrons. The minimum atomic E-state index is -0.485. The first-order chi connectivity index (χ1) is 17.2. The summed E-state index contributed by atoms with van der Waals surface area (Å²) in [4.78, 5) is 38.4. The first kappa shape index (κ1) is 23.2. The van der Waals surface area contributed by atoms with Crippen molar-refractivity contribution in [2.24, 2.45) is 0 Å². The van der Waals surface area contributed by atoms with Crippen LogP contribution < -0.4 is 9.47 Å². The van der Waals surface area contributed by atoms with Gasteiger partial charge in [-0.2, -0.15) is 0 Å². The Morgan fingerprint density at radius 2 is 0.917 bits per heavy atom. The van der Waals surface area contributed by atoms with Crippen molar-refractivity contribution in [3.05, 3.63) is 117 Å². The zero-order chi connectivity index (χ0) is 25.6. The van der Waals surface area contributed by atoms with Gasteiger partial charge in [-0.25, -0.2) is 9.59 Å². The van der Waals surface area contributed by atoms with E-state index in [0.29, 0.717) is 33.8 Å². The Labute approximate surface area is 209 Å². The maximum atomic E-state index is 13.2. The zero-order valence-corrected chi connectivity index (χ0v) is 20.5. The van der Waals surface area contributed by atoms with Gasteiger partial charge in [0.05, 0.1) is 11.1 Å². The number of rotatable bonds is 4. The second kappa shape index (κ2) is 8.93. The van der Waals surface area contributed by atoms with E-state index in [0.717, 1.165) is 33.4 Å². The van der Waals surface area contributed by atoms with Crippen LogP contribution in [0.3, 0.4) is 0 Å². The van der Waals surface area contributed by atoms with Gasteiger partial charge in [-0.15, -0.1) is 0 Å². The minimum Gasteiger partial charge on any atom is -0.423 e. The largest absolute Gasteiger partial charge is 0.423 e. The van der Waals surface area contributed by atoms with E-state index in [1.807, 2.05) is 39.8 Å². The van der Waals surface area contributed by atoms with E-state index < -0.39 is 11.9 Å². The van der Waals surface area contributed by atoms with Crippen molar-refractivity contribution in [3.63, 3.8) is 0 Å². The topological polar surface area (TPSA) is 69.7 Å². The van der Waals surface area contributed by atoms with Crippen LogP contribution in [0.4, 0.5) is 0 Å². The van der Waals surface area contributed by atoms with Gasteiger partial charge in [0, 0.05) is 11.1 Å². The summed E-state index contributed by atoms with van der Waals surface area (Å²) in [5.41, 5.74) is 7.43. The number of carbonyl (C=O) groups excluding carboxylic acids is 3. The van der Waals surface area contributed by atoms with Gasteiger partial charge in [0.15, 0.2) is 5.78 Å². The summed E-state index contributed by atoms with van der Waals surface area (Å²) in [6.45, 7) is 7.82. The molecule has 36 heavy (non-hydrogen) atoms. The van der Waals surface area contributed by atoms with Crippen LogP contribution in [0.5, 0.6) is 11.5 Å². The van der Waals surface area contributed by atoms with E-state index in [1.54, 1.807) is 60.7 Å². The van der Waals surface area contributed by atoms with Crippen LogP contribution in [0, 0.1) is 27.7 Å². The van der Waals surface area contributed by atoms with E-state index in [2.05, 4.69) is 0 Å². The number of ether oxygens (including phenoxy) is 2. The predicted molar refractivity (Wildman–Crippen MR) is 137 cm³/mol. The monoisotopic (exact) mass is 476 g/mol. The van der Waals surface area contributed by atoms with Gasteiger partial charge in [0.25, 0.3) is 0 Å². The summed E-state index contributed by atoms with van der Waals surface area (Å²) >= 11 is 0. The average molecular weight is 477 g/mol. The second-order valence-electron chi connectivity index (χ2n) is 9.12. The minimum absolute atomic E-state index is 0.215. The summed E-state index contributed by atoms with van der Waals surface area (Å²) < 4.78 is 11.1. The SMILES string of the molecule is Cc1ccc(C(=O)Oc2ccc3c(c2)C(=O)c2cc(OC(=O)c4ccc(C)c(C)c4)ccc2-3)cc1C. The van der Waals surface area contributed by atoms with Gasteiger partial charge in [-0.3, -0.25) is 4.79 Å². The summed E-state index contributed by atoms with van der Waals surface area (Å²) in [6.07, 6.45) is 0. The Hall–Kier alpha value is -4.51. The maximum Gasteiger partial charge on any atom is 0.343 e. The molecule has 0 fully saturated rings. The molecule has 0 aliphatic heterocycles. The van der Waals surface area contributed by atoms with Crippen molar-refractivity contribution >= 4 is 17.7 Å². The lowest BCUT2D eigenvalue weighted by atomic mass is 10.1. The Balaban J connectivity index is 1.36. The summed E-state index contributed by atoms with van der Waals surface area (Å²) in [5.74, 6) is -0.602. The molecule has 0 saturated heterocycles. The Morgan fingerprint density at radius 3 is 1.31 bits per heavy atom. The van der Waals surface area contributed by atoms with Crippen LogP contribution in [0.1, 0.15) is 58.9 Å². The van der Waals surface area contributed by atoms with Crippen LogP contribution in [0.25, 0.3) is 11.1 Å². The van der Waals surface area contributed by atoms with Gasteiger partial charge in [-0.1, -0.05) is 12.1 Å². The maximum absolute atomic E-state index is 13.2. The standard InChI is InChI=1S/C31H24O5/c1-17-5-7-21(13-19(17)3)30(33)35-23-9-11-25-26-12-10-24(16-28(26)29(32)27(25)15-23)36-31(34)22-8-6-18(2)20(4)14-22/h5-16H,1-4H3. The molecule has 0 spiro atoms. The Bertz CT molecular complexity index is 1460. The molecule has 0 atom stereocenters. The van der Waals surface area contributed by atoms with Gasteiger partial charge in [-0.05, 0) is 122 Å². The molecule has 4 aromatic rings. The third-order valence-electron chi connectivity index (χ3n) is 6.67. The van der Waals surface area contributed by atoms with Crippen molar-refractivity contribution < 1.29 is 23.9 Å². The Morgan fingerprint density at radius 1 is 0.500 bits per heavy atom. The summed E-state index contributed by atoms with van der Waals surface area (Å²) in [7, 11) is 0. The van der Waals surface area contributed by atoms with Crippen molar-refractivity contribution in [1.29, 1.82) is 0 Å². The van der Waals surface area contributed by atoms with E-state index in [4.69, 9.17) is 9.47 Å². The highest BCUT2D eigenvalue weighted by molar-refractivity contribution is 6.22. The number of hydrogen-bond acceptors (Lipinski definition) is 5. The number of ketones is 1. The number of fused-ring (bicyclic) bond motifs is 3. The molecular formula is C31H24O5. The number of esters is 2. The van der Waals surface area contributed by atoms with Crippen LogP contribution >= 0.6 is 0 Å². The number of hydrogen-bond donors (Lipinski definition) is 0. The molecule has 0 saturated carbocycles. The summed E-state index contributed by atoms with van der Waals surface area (Å²) in [6, 6.07) is 20.8. The van der Waals surface area contributed by atoms with E-state index in [9.17, 15) is 14.4 Å². The van der Waals surface area contributed by atoms with E-state index >= 15 is 0 Å². The lowest BCUT2D eigenvalue weighted by Gasteiger charge is -2.08. The molecule has 0 aromatic heterocycles. The molecule has 5 rings (SSSR count). The molecular weight excluding hydrogens is 452 g/mol. The number of benzene rings is 4. The number of carbonyl (C=O) groups is 3. The lowest BCUT2D eigenvalue weighted by molar-refractivity contribution is 0.0725. The molecule has 4 aromatic carbocycles. The van der Waals surface area contributed by atoms with Crippen LogP contribution in [0.15, 0.2) is 72.8 Å². The molecule has 0 bridgehead atoms. The zero-order valence-electron chi connectivity index (χ0n) is 20.5. The molecule has 0 N–H and O–H groups in total. The molecule has 1 aliphatic carbocycles. The highest BCUT2D eigenvalue weighted by Crippen LogP contribution is 2.40. The molecule has 0 radical (unpaired) electrons. The first-order valence-corrected chi connectivity index (χ1v) is 11.6. The summed E-state index contributed by atoms with van der Waals surface area (Å²) in [5, 5.41) is 0. The van der Waals surface area contributed by atoms with Crippen LogP contribution in [0.2, 0.25) is 0 Å². The fraction of sp³-hybridized carbons (Fsp3) is 0.129. The highest BCUT2D eigenvalue weighted by Gasteiger charge is 2.28. The van der Waals surface area contributed by atoms with Crippen LogP contribution in [-0.4, -0.2) is 17.7 Å².